The van der Waals surface area contributed by atoms with Crippen LogP contribution < -0.4 is 10.4 Å². The van der Waals surface area contributed by atoms with Crippen LogP contribution in [0.3, 0.4) is 0 Å². The molecule has 6 nitrogen and oxygen atoms in total. The Bertz CT molecular complexity index is 782. The number of ether oxygens (including phenoxy) is 2. The minimum Gasteiger partial charge on any atom is -0.484 e. The van der Waals surface area contributed by atoms with Gasteiger partial charge in [-0.1, -0.05) is 0 Å². The molecule has 1 aromatic heterocycles. The number of rotatable bonds is 4. The second-order valence-corrected chi connectivity index (χ2v) is 5.68. The van der Waals surface area contributed by atoms with E-state index in [4.69, 9.17) is 13.9 Å². The van der Waals surface area contributed by atoms with Crippen molar-refractivity contribution in [2.45, 2.75) is 19.4 Å². The molecular formula is C17H19NO5. The summed E-state index contributed by atoms with van der Waals surface area (Å²) in [5.74, 6) is 0.428. The average molecular weight is 317 g/mol. The summed E-state index contributed by atoms with van der Waals surface area (Å²) in [6.07, 6.45) is 0.958. The zero-order valence-corrected chi connectivity index (χ0v) is 13.2. The van der Waals surface area contributed by atoms with Crippen molar-refractivity contribution < 1.29 is 18.7 Å². The van der Waals surface area contributed by atoms with E-state index in [1.54, 1.807) is 24.1 Å². The Labute approximate surface area is 133 Å². The Morgan fingerprint density at radius 1 is 1.39 bits per heavy atom. The first-order chi connectivity index (χ1) is 11.1. The molecule has 1 saturated heterocycles. The molecule has 0 radical (unpaired) electrons. The largest absolute Gasteiger partial charge is 0.484 e. The third kappa shape index (κ3) is 3.37. The van der Waals surface area contributed by atoms with E-state index in [1.807, 2.05) is 13.0 Å². The number of amides is 1. The summed E-state index contributed by atoms with van der Waals surface area (Å²) in [4.78, 5) is 25.3. The normalized spacial score (nSPS) is 17.7. The smallest absolute Gasteiger partial charge is 0.336 e. The first-order valence-corrected chi connectivity index (χ1v) is 7.54. The quantitative estimate of drug-likeness (QED) is 0.803. The lowest BCUT2D eigenvalue weighted by Gasteiger charge is -2.16. The first kappa shape index (κ1) is 15.6. The zero-order chi connectivity index (χ0) is 16.4. The van der Waals surface area contributed by atoms with E-state index in [1.165, 1.54) is 6.07 Å². The second-order valence-electron chi connectivity index (χ2n) is 5.68. The van der Waals surface area contributed by atoms with Gasteiger partial charge in [-0.2, -0.15) is 0 Å². The topological polar surface area (TPSA) is 69.0 Å². The molecule has 1 aliphatic rings. The summed E-state index contributed by atoms with van der Waals surface area (Å²) >= 11 is 0. The fourth-order valence-corrected chi connectivity index (χ4v) is 2.78. The molecule has 122 valence electrons. The summed E-state index contributed by atoms with van der Waals surface area (Å²) in [5, 5.41) is 0.853. The number of likely N-dealkylation sites (tertiary alicyclic amines) is 1. The Morgan fingerprint density at radius 3 is 2.96 bits per heavy atom. The highest BCUT2D eigenvalue weighted by atomic mass is 16.5. The third-order valence-electron chi connectivity index (χ3n) is 4.12. The molecular weight excluding hydrogens is 298 g/mol. The predicted molar refractivity (Wildman–Crippen MR) is 84.7 cm³/mol. The molecule has 3 rings (SSSR count). The van der Waals surface area contributed by atoms with Gasteiger partial charge in [0.05, 0.1) is 6.10 Å². The van der Waals surface area contributed by atoms with Gasteiger partial charge in [-0.05, 0) is 31.0 Å². The van der Waals surface area contributed by atoms with Crippen molar-refractivity contribution in [1.82, 2.24) is 4.90 Å². The van der Waals surface area contributed by atoms with Crippen LogP contribution in [0.2, 0.25) is 0 Å². The minimum absolute atomic E-state index is 0.0437. The molecule has 6 heteroatoms. The van der Waals surface area contributed by atoms with Gasteiger partial charge >= 0.3 is 5.63 Å². The molecule has 0 bridgehead atoms. The van der Waals surface area contributed by atoms with Crippen LogP contribution in [0.1, 0.15) is 12.0 Å². The van der Waals surface area contributed by atoms with Crippen LogP contribution in [-0.4, -0.2) is 43.7 Å². The number of methoxy groups -OCH3 is 1. The lowest BCUT2D eigenvalue weighted by atomic mass is 10.1. The molecule has 23 heavy (non-hydrogen) atoms. The predicted octanol–water partition coefficient (Wildman–Crippen LogP) is 1.73. The van der Waals surface area contributed by atoms with Gasteiger partial charge in [0, 0.05) is 37.7 Å². The van der Waals surface area contributed by atoms with Crippen LogP contribution >= 0.6 is 0 Å². The summed E-state index contributed by atoms with van der Waals surface area (Å²) < 4.78 is 16.0. The van der Waals surface area contributed by atoms with Crippen LogP contribution in [0, 0.1) is 6.92 Å². The van der Waals surface area contributed by atoms with Crippen molar-refractivity contribution in [3.8, 4) is 5.75 Å². The molecule has 1 fully saturated rings. The summed E-state index contributed by atoms with van der Waals surface area (Å²) in [7, 11) is 1.65. The van der Waals surface area contributed by atoms with Crippen LogP contribution in [0.25, 0.3) is 11.0 Å². The van der Waals surface area contributed by atoms with Gasteiger partial charge in [-0.15, -0.1) is 0 Å². The number of carbonyl (C=O) groups is 1. The maximum atomic E-state index is 12.1. The average Bonchev–Trinajstić information content (AvgIpc) is 3.01. The van der Waals surface area contributed by atoms with E-state index < -0.39 is 5.63 Å². The van der Waals surface area contributed by atoms with Crippen LogP contribution in [0.15, 0.2) is 33.5 Å². The lowest BCUT2D eigenvalue weighted by molar-refractivity contribution is -0.132. The van der Waals surface area contributed by atoms with Crippen LogP contribution in [0.5, 0.6) is 5.75 Å². The molecule has 0 aliphatic carbocycles. The fraction of sp³-hybridized carbons (Fsp3) is 0.412. The van der Waals surface area contributed by atoms with E-state index in [9.17, 15) is 9.59 Å². The van der Waals surface area contributed by atoms with E-state index in [0.717, 1.165) is 17.4 Å². The maximum Gasteiger partial charge on any atom is 0.336 e. The van der Waals surface area contributed by atoms with Gasteiger partial charge in [-0.3, -0.25) is 4.79 Å². The van der Waals surface area contributed by atoms with Gasteiger partial charge in [0.15, 0.2) is 6.61 Å². The second kappa shape index (κ2) is 6.42. The SMILES string of the molecule is COC1CCN(C(=O)COc2ccc3c(C)cc(=O)oc3c2)C1. The molecule has 1 aromatic carbocycles. The Kier molecular flexibility index (Phi) is 4.34. The molecule has 2 heterocycles. The van der Waals surface area contributed by atoms with Crippen molar-refractivity contribution in [3.63, 3.8) is 0 Å². The summed E-state index contributed by atoms with van der Waals surface area (Å²) in [6.45, 7) is 3.10. The van der Waals surface area contributed by atoms with Crippen molar-refractivity contribution in [2.75, 3.05) is 26.8 Å². The number of benzene rings is 1. The number of fused-ring (bicyclic) bond motifs is 1. The van der Waals surface area contributed by atoms with Crippen molar-refractivity contribution >= 4 is 16.9 Å². The zero-order valence-electron chi connectivity index (χ0n) is 13.2. The number of nitrogens with zero attached hydrogens (tertiary/aromatic N) is 1. The third-order valence-corrected chi connectivity index (χ3v) is 4.12. The van der Waals surface area contributed by atoms with Gasteiger partial charge in [0.25, 0.3) is 5.91 Å². The summed E-state index contributed by atoms with van der Waals surface area (Å²) in [5.41, 5.74) is 0.910. The van der Waals surface area contributed by atoms with Gasteiger partial charge < -0.3 is 18.8 Å². The molecule has 1 atom stereocenters. The fourth-order valence-electron chi connectivity index (χ4n) is 2.78. The monoisotopic (exact) mass is 317 g/mol. The molecule has 0 N–H and O–H groups in total. The highest BCUT2D eigenvalue weighted by Crippen LogP contribution is 2.22. The Balaban J connectivity index is 1.68. The molecule has 1 amide bonds. The van der Waals surface area contributed by atoms with E-state index >= 15 is 0 Å². The highest BCUT2D eigenvalue weighted by Gasteiger charge is 2.26. The van der Waals surface area contributed by atoms with Crippen molar-refractivity contribution in [1.29, 1.82) is 0 Å². The van der Waals surface area contributed by atoms with Gasteiger partial charge in [0.2, 0.25) is 0 Å². The number of carbonyl (C=O) groups excluding carboxylic acids is 1. The van der Waals surface area contributed by atoms with Crippen molar-refractivity contribution in [2.24, 2.45) is 0 Å². The van der Waals surface area contributed by atoms with Gasteiger partial charge in [-0.25, -0.2) is 4.79 Å². The summed E-state index contributed by atoms with van der Waals surface area (Å²) in [6, 6.07) is 6.68. The Hall–Kier alpha value is -2.34. The minimum atomic E-state index is -0.397. The molecule has 1 aliphatic heterocycles. The first-order valence-electron chi connectivity index (χ1n) is 7.54. The van der Waals surface area contributed by atoms with Gasteiger partial charge in [0.1, 0.15) is 11.3 Å². The van der Waals surface area contributed by atoms with Crippen LogP contribution in [0.4, 0.5) is 0 Å². The lowest BCUT2D eigenvalue weighted by Crippen LogP contribution is -2.33. The standard InChI is InChI=1S/C17H19NO5/c1-11-7-17(20)23-15-8-12(3-4-14(11)15)22-10-16(19)18-6-5-13(9-18)21-2/h3-4,7-8,13H,5-6,9-10H2,1-2H3. The number of hydrogen-bond donors (Lipinski definition) is 0. The number of aryl methyl sites for hydroxylation is 1. The molecule has 1 unspecified atom stereocenters. The Morgan fingerprint density at radius 2 is 2.22 bits per heavy atom. The maximum absolute atomic E-state index is 12.1. The highest BCUT2D eigenvalue weighted by molar-refractivity contribution is 5.81. The van der Waals surface area contributed by atoms with Crippen LogP contribution in [-0.2, 0) is 9.53 Å². The molecule has 0 spiro atoms. The van der Waals surface area contributed by atoms with E-state index in [0.29, 0.717) is 24.4 Å². The van der Waals surface area contributed by atoms with E-state index in [2.05, 4.69) is 0 Å². The van der Waals surface area contributed by atoms with Crippen molar-refractivity contribution in [3.05, 3.63) is 40.2 Å². The number of hydrogen-bond acceptors (Lipinski definition) is 5. The molecule has 2 aromatic rings. The molecule has 0 saturated carbocycles. The van der Waals surface area contributed by atoms with E-state index in [-0.39, 0.29) is 18.6 Å².